The minimum absolute atomic E-state index is 0.185. The van der Waals surface area contributed by atoms with E-state index in [9.17, 15) is 14.4 Å². The SMILES string of the molecule is C[C@@]1(C2CC2)NC(=O)N(CC(=O)Nc2ccc(N3CCCC3)cc2)C1=O. The van der Waals surface area contributed by atoms with Crippen molar-refractivity contribution in [2.45, 2.75) is 38.1 Å². The monoisotopic (exact) mass is 356 g/mol. The number of amides is 4. The number of urea groups is 1. The molecule has 1 atom stereocenters. The highest BCUT2D eigenvalue weighted by Crippen LogP contribution is 2.42. The molecule has 3 fully saturated rings. The van der Waals surface area contributed by atoms with Gasteiger partial charge in [0.2, 0.25) is 5.91 Å². The molecule has 2 aliphatic heterocycles. The van der Waals surface area contributed by atoms with Gasteiger partial charge in [-0.2, -0.15) is 0 Å². The second-order valence-corrected chi connectivity index (χ2v) is 7.59. The maximum Gasteiger partial charge on any atom is 0.325 e. The zero-order valence-electron chi connectivity index (χ0n) is 15.0. The Balaban J connectivity index is 1.36. The Morgan fingerprint density at radius 1 is 1.19 bits per heavy atom. The largest absolute Gasteiger partial charge is 0.372 e. The Morgan fingerprint density at radius 3 is 2.46 bits per heavy atom. The van der Waals surface area contributed by atoms with Crippen molar-refractivity contribution in [2.75, 3.05) is 29.9 Å². The van der Waals surface area contributed by atoms with Crippen LogP contribution < -0.4 is 15.5 Å². The van der Waals surface area contributed by atoms with E-state index in [1.807, 2.05) is 24.3 Å². The zero-order chi connectivity index (χ0) is 18.3. The molecule has 1 aromatic rings. The summed E-state index contributed by atoms with van der Waals surface area (Å²) in [5, 5.41) is 5.52. The van der Waals surface area contributed by atoms with Crippen LogP contribution in [0.3, 0.4) is 0 Å². The predicted octanol–water partition coefficient (Wildman–Crippen LogP) is 1.95. The van der Waals surface area contributed by atoms with Gasteiger partial charge < -0.3 is 15.5 Å². The van der Waals surface area contributed by atoms with E-state index >= 15 is 0 Å². The molecule has 7 nitrogen and oxygen atoms in total. The molecule has 26 heavy (non-hydrogen) atoms. The Labute approximate surface area is 152 Å². The number of rotatable bonds is 5. The van der Waals surface area contributed by atoms with Crippen LogP contribution in [0.5, 0.6) is 0 Å². The van der Waals surface area contributed by atoms with E-state index in [1.54, 1.807) is 6.92 Å². The molecule has 1 aromatic carbocycles. The zero-order valence-corrected chi connectivity index (χ0v) is 15.0. The third-order valence-electron chi connectivity index (χ3n) is 5.62. The molecule has 4 rings (SSSR count). The minimum atomic E-state index is -0.852. The standard InChI is InChI=1S/C19H24N4O3/c1-19(13-4-5-13)17(25)23(18(26)21-19)12-16(24)20-14-6-8-15(9-7-14)22-10-2-3-11-22/h6-9,13H,2-5,10-12H2,1H3,(H,20,24)(H,21,26)/t19-/m0/s1. The lowest BCUT2D eigenvalue weighted by atomic mass is 9.96. The molecule has 138 valence electrons. The second kappa shape index (κ2) is 6.30. The molecule has 2 heterocycles. The van der Waals surface area contributed by atoms with E-state index in [2.05, 4.69) is 15.5 Å². The lowest BCUT2D eigenvalue weighted by Crippen LogP contribution is -2.46. The maximum atomic E-state index is 12.6. The first-order chi connectivity index (χ1) is 12.5. The number of anilines is 2. The highest BCUT2D eigenvalue weighted by Gasteiger charge is 2.56. The average molecular weight is 356 g/mol. The molecule has 1 aliphatic carbocycles. The van der Waals surface area contributed by atoms with Crippen LogP contribution in [0.4, 0.5) is 16.2 Å². The van der Waals surface area contributed by atoms with Crippen LogP contribution >= 0.6 is 0 Å². The van der Waals surface area contributed by atoms with Crippen molar-refractivity contribution in [1.82, 2.24) is 10.2 Å². The summed E-state index contributed by atoms with van der Waals surface area (Å²) < 4.78 is 0. The summed E-state index contributed by atoms with van der Waals surface area (Å²) in [6, 6.07) is 7.19. The average Bonchev–Trinajstić information content (AvgIpc) is 3.30. The fourth-order valence-corrected chi connectivity index (χ4v) is 3.87. The number of hydrogen-bond acceptors (Lipinski definition) is 4. The highest BCUT2D eigenvalue weighted by atomic mass is 16.2. The first kappa shape index (κ1) is 16.9. The molecule has 0 unspecified atom stereocenters. The van der Waals surface area contributed by atoms with E-state index in [0.29, 0.717) is 5.69 Å². The van der Waals surface area contributed by atoms with E-state index in [1.165, 1.54) is 12.8 Å². The normalized spacial score (nSPS) is 25.6. The first-order valence-corrected chi connectivity index (χ1v) is 9.26. The molecule has 2 saturated heterocycles. The molecule has 0 aromatic heterocycles. The van der Waals surface area contributed by atoms with Crippen molar-refractivity contribution in [3.05, 3.63) is 24.3 Å². The second-order valence-electron chi connectivity index (χ2n) is 7.59. The van der Waals surface area contributed by atoms with E-state index in [-0.39, 0.29) is 24.3 Å². The van der Waals surface area contributed by atoms with Gasteiger partial charge in [-0.1, -0.05) is 0 Å². The summed E-state index contributed by atoms with van der Waals surface area (Å²) in [6.07, 6.45) is 4.30. The topological polar surface area (TPSA) is 81.8 Å². The van der Waals surface area contributed by atoms with Crippen LogP contribution in [0.15, 0.2) is 24.3 Å². The third kappa shape index (κ3) is 3.02. The van der Waals surface area contributed by atoms with Gasteiger partial charge in [-0.25, -0.2) is 4.79 Å². The van der Waals surface area contributed by atoms with Gasteiger partial charge in [-0.05, 0) is 62.8 Å². The summed E-state index contributed by atoms with van der Waals surface area (Å²) in [5.74, 6) is -0.489. The quantitative estimate of drug-likeness (QED) is 0.790. The number of nitrogens with one attached hydrogen (secondary N) is 2. The maximum absolute atomic E-state index is 12.6. The number of hydrogen-bond donors (Lipinski definition) is 2. The molecule has 0 radical (unpaired) electrons. The molecule has 7 heteroatoms. The smallest absolute Gasteiger partial charge is 0.325 e. The predicted molar refractivity (Wildman–Crippen MR) is 97.9 cm³/mol. The van der Waals surface area contributed by atoms with Gasteiger partial charge >= 0.3 is 6.03 Å². The van der Waals surface area contributed by atoms with Gasteiger partial charge in [0.15, 0.2) is 0 Å². The van der Waals surface area contributed by atoms with Gasteiger partial charge in [0.25, 0.3) is 5.91 Å². The van der Waals surface area contributed by atoms with Crippen molar-refractivity contribution in [3.8, 4) is 0 Å². The highest BCUT2D eigenvalue weighted by molar-refractivity contribution is 6.10. The number of nitrogens with zero attached hydrogens (tertiary/aromatic N) is 2. The van der Waals surface area contributed by atoms with Gasteiger partial charge in [-0.15, -0.1) is 0 Å². The van der Waals surface area contributed by atoms with Crippen LogP contribution in [0, 0.1) is 5.92 Å². The van der Waals surface area contributed by atoms with E-state index in [4.69, 9.17) is 0 Å². The molecule has 3 aliphatic rings. The van der Waals surface area contributed by atoms with Crippen molar-refractivity contribution >= 4 is 29.2 Å². The summed E-state index contributed by atoms with van der Waals surface area (Å²) in [4.78, 5) is 40.3. The summed E-state index contributed by atoms with van der Waals surface area (Å²) in [5.41, 5.74) is 0.958. The number of benzene rings is 1. The summed E-state index contributed by atoms with van der Waals surface area (Å²) >= 11 is 0. The van der Waals surface area contributed by atoms with Crippen LogP contribution in [-0.4, -0.2) is 47.9 Å². The number of imide groups is 1. The minimum Gasteiger partial charge on any atom is -0.372 e. The van der Waals surface area contributed by atoms with Gasteiger partial charge in [0.05, 0.1) is 0 Å². The fourth-order valence-electron chi connectivity index (χ4n) is 3.87. The Bertz CT molecular complexity index is 738. The van der Waals surface area contributed by atoms with Gasteiger partial charge in [0.1, 0.15) is 12.1 Å². The van der Waals surface area contributed by atoms with E-state index in [0.717, 1.165) is 36.5 Å². The Kier molecular flexibility index (Phi) is 4.09. The van der Waals surface area contributed by atoms with Crippen molar-refractivity contribution in [3.63, 3.8) is 0 Å². The van der Waals surface area contributed by atoms with Crippen LogP contribution in [0.2, 0.25) is 0 Å². The molecule has 1 saturated carbocycles. The first-order valence-electron chi connectivity index (χ1n) is 9.26. The lowest BCUT2D eigenvalue weighted by Gasteiger charge is -2.21. The van der Waals surface area contributed by atoms with Crippen molar-refractivity contribution in [2.24, 2.45) is 5.92 Å². The lowest BCUT2D eigenvalue weighted by molar-refractivity contribution is -0.134. The summed E-state index contributed by atoms with van der Waals surface area (Å²) in [6.45, 7) is 3.62. The van der Waals surface area contributed by atoms with Crippen molar-refractivity contribution in [1.29, 1.82) is 0 Å². The third-order valence-corrected chi connectivity index (χ3v) is 5.62. The van der Waals surface area contributed by atoms with Crippen molar-refractivity contribution < 1.29 is 14.4 Å². The van der Waals surface area contributed by atoms with Crippen LogP contribution in [0.25, 0.3) is 0 Å². The molecular weight excluding hydrogens is 332 g/mol. The van der Waals surface area contributed by atoms with Gasteiger partial charge in [0, 0.05) is 24.5 Å². The van der Waals surface area contributed by atoms with Gasteiger partial charge in [-0.3, -0.25) is 14.5 Å². The van der Waals surface area contributed by atoms with Crippen LogP contribution in [-0.2, 0) is 9.59 Å². The molecule has 4 amide bonds. The van der Waals surface area contributed by atoms with E-state index < -0.39 is 11.6 Å². The molecular formula is C19H24N4O3. The molecule has 0 bridgehead atoms. The summed E-state index contributed by atoms with van der Waals surface area (Å²) in [7, 11) is 0. The Morgan fingerprint density at radius 2 is 1.85 bits per heavy atom. The molecule has 2 N–H and O–H groups in total. The Hall–Kier alpha value is -2.57. The van der Waals surface area contributed by atoms with Crippen LogP contribution in [0.1, 0.15) is 32.6 Å². The number of carbonyl (C=O) groups excluding carboxylic acids is 3. The molecule has 0 spiro atoms. The fraction of sp³-hybridized carbons (Fsp3) is 0.526. The number of carbonyl (C=O) groups is 3.